The van der Waals surface area contributed by atoms with E-state index in [0.717, 1.165) is 13.1 Å². The third kappa shape index (κ3) is 5.24. The van der Waals surface area contributed by atoms with Gasteiger partial charge in [0.2, 0.25) is 0 Å². The number of rotatable bonds is 5. The largest absolute Gasteiger partial charge is 0.573 e. The van der Waals surface area contributed by atoms with Gasteiger partial charge in [0, 0.05) is 67.9 Å². The second-order valence-corrected chi connectivity index (χ2v) is 9.93. The highest BCUT2D eigenvalue weighted by Gasteiger charge is 2.37. The lowest BCUT2D eigenvalue weighted by Gasteiger charge is -2.48. The van der Waals surface area contributed by atoms with Gasteiger partial charge in [-0.05, 0) is 42.5 Å². The number of benzene rings is 3. The van der Waals surface area contributed by atoms with E-state index in [1.165, 1.54) is 22.9 Å². The summed E-state index contributed by atoms with van der Waals surface area (Å²) in [7, 11) is 0. The summed E-state index contributed by atoms with van der Waals surface area (Å²) in [6, 6.07) is 20.3. The summed E-state index contributed by atoms with van der Waals surface area (Å²) < 4.78 is 43.4. The Hall–Kier alpha value is -4.38. The zero-order valence-corrected chi connectivity index (χ0v) is 21.4. The fraction of sp³-hybridized carbons (Fsp3) is 0.276. The molecule has 2 amide bonds. The van der Waals surface area contributed by atoms with Crippen LogP contribution in [0.1, 0.15) is 20.7 Å². The number of carbonyl (C=O) groups excluding carboxylic acids is 2. The number of fused-ring (bicyclic) bond motifs is 1. The summed E-state index contributed by atoms with van der Waals surface area (Å²) >= 11 is 0. The number of likely N-dealkylation sites (tertiary alicyclic amines) is 1. The van der Waals surface area contributed by atoms with Crippen molar-refractivity contribution < 1.29 is 27.5 Å². The van der Waals surface area contributed by atoms with Crippen molar-refractivity contribution in [2.75, 3.05) is 39.3 Å². The highest BCUT2D eigenvalue weighted by molar-refractivity contribution is 5.98. The van der Waals surface area contributed by atoms with Crippen LogP contribution in [-0.4, -0.2) is 88.0 Å². The molecule has 0 saturated carbocycles. The summed E-state index contributed by atoms with van der Waals surface area (Å²) in [5.41, 5.74) is 2.29. The number of alkyl halides is 3. The maximum atomic E-state index is 13.2. The smallest absolute Gasteiger partial charge is 0.406 e. The highest BCUT2D eigenvalue weighted by atomic mass is 19.4. The minimum Gasteiger partial charge on any atom is -0.406 e. The van der Waals surface area contributed by atoms with Gasteiger partial charge in [-0.2, -0.15) is 5.10 Å². The minimum absolute atomic E-state index is 0.0479. The minimum atomic E-state index is -4.79. The van der Waals surface area contributed by atoms with Gasteiger partial charge >= 0.3 is 6.36 Å². The van der Waals surface area contributed by atoms with E-state index < -0.39 is 6.36 Å². The first-order chi connectivity index (χ1) is 19.2. The van der Waals surface area contributed by atoms with Gasteiger partial charge in [-0.1, -0.05) is 24.3 Å². The molecule has 0 spiro atoms. The Morgan fingerprint density at radius 1 is 0.800 bits per heavy atom. The molecule has 0 unspecified atom stereocenters. The van der Waals surface area contributed by atoms with Gasteiger partial charge in [0.15, 0.2) is 0 Å². The van der Waals surface area contributed by atoms with Crippen LogP contribution in [0.15, 0.2) is 79.0 Å². The van der Waals surface area contributed by atoms with E-state index in [0.29, 0.717) is 53.9 Å². The Bertz CT molecular complexity index is 1540. The molecular formula is C29H26F3N5O3. The normalized spacial score (nSPS) is 16.7. The number of hydrogen-bond donors (Lipinski definition) is 0. The zero-order valence-electron chi connectivity index (χ0n) is 21.4. The molecule has 6 rings (SSSR count). The second-order valence-electron chi connectivity index (χ2n) is 9.93. The van der Waals surface area contributed by atoms with Gasteiger partial charge in [-0.25, -0.2) is 4.68 Å². The number of ether oxygens (including phenoxy) is 1. The molecular weight excluding hydrogens is 523 g/mol. The van der Waals surface area contributed by atoms with Crippen LogP contribution in [0, 0.1) is 0 Å². The average Bonchev–Trinajstić information content (AvgIpc) is 3.35. The molecule has 0 N–H and O–H groups in total. The van der Waals surface area contributed by atoms with E-state index in [2.05, 4.69) is 14.7 Å². The molecule has 2 aliphatic heterocycles. The monoisotopic (exact) mass is 549 g/mol. The van der Waals surface area contributed by atoms with E-state index in [1.807, 2.05) is 35.2 Å². The van der Waals surface area contributed by atoms with Crippen LogP contribution >= 0.6 is 0 Å². The van der Waals surface area contributed by atoms with Gasteiger partial charge < -0.3 is 14.5 Å². The van der Waals surface area contributed by atoms with E-state index in [-0.39, 0.29) is 23.6 Å². The van der Waals surface area contributed by atoms with Crippen molar-refractivity contribution in [1.82, 2.24) is 24.5 Å². The van der Waals surface area contributed by atoms with E-state index >= 15 is 0 Å². The van der Waals surface area contributed by atoms with Gasteiger partial charge in [0.25, 0.3) is 11.8 Å². The number of amides is 2. The molecule has 0 atom stereocenters. The second kappa shape index (κ2) is 10.3. The molecule has 3 aromatic carbocycles. The van der Waals surface area contributed by atoms with Crippen LogP contribution in [0.5, 0.6) is 5.75 Å². The van der Waals surface area contributed by atoms with Crippen LogP contribution in [0.25, 0.3) is 16.6 Å². The summed E-state index contributed by atoms with van der Waals surface area (Å²) in [4.78, 5) is 31.9. The number of aromatic nitrogens is 2. The van der Waals surface area contributed by atoms with Crippen LogP contribution in [-0.2, 0) is 0 Å². The highest BCUT2D eigenvalue weighted by Crippen LogP contribution is 2.27. The molecule has 0 bridgehead atoms. The number of halogens is 3. The molecule has 0 aliphatic carbocycles. The first kappa shape index (κ1) is 25.9. The Balaban J connectivity index is 1.06. The Morgan fingerprint density at radius 3 is 2.25 bits per heavy atom. The third-order valence-electron chi connectivity index (χ3n) is 7.40. The summed E-state index contributed by atoms with van der Waals surface area (Å²) in [5, 5.41) is 5.01. The van der Waals surface area contributed by atoms with Gasteiger partial charge in [0.1, 0.15) is 5.75 Å². The standard InChI is InChI=1S/C29H26F3N5O3/c30-29(31,32)40-25-8-4-7-23(16-25)37-26-10-9-21(15-22(26)17-33-37)28(39)36-18-24(19-36)34-11-13-35(14-12-34)27(38)20-5-2-1-3-6-20/h1-10,15-17,24H,11-14,18-19H2. The van der Waals surface area contributed by atoms with E-state index in [1.54, 1.807) is 35.4 Å². The van der Waals surface area contributed by atoms with Crippen molar-refractivity contribution in [1.29, 1.82) is 0 Å². The zero-order chi connectivity index (χ0) is 27.9. The van der Waals surface area contributed by atoms with Crippen LogP contribution in [0.2, 0.25) is 0 Å². The summed E-state index contributed by atoms with van der Waals surface area (Å²) in [6.07, 6.45) is -3.20. The summed E-state index contributed by atoms with van der Waals surface area (Å²) in [6.45, 7) is 4.09. The molecule has 2 saturated heterocycles. The van der Waals surface area contributed by atoms with Gasteiger partial charge in [-0.3, -0.25) is 14.5 Å². The van der Waals surface area contributed by atoms with Crippen molar-refractivity contribution in [3.05, 3.63) is 90.1 Å². The molecule has 3 heterocycles. The number of piperazine rings is 1. The Morgan fingerprint density at radius 2 is 1.52 bits per heavy atom. The number of carbonyl (C=O) groups is 2. The Labute approximate surface area is 228 Å². The predicted molar refractivity (Wildman–Crippen MR) is 141 cm³/mol. The lowest BCUT2D eigenvalue weighted by Crippen LogP contribution is -2.64. The first-order valence-corrected chi connectivity index (χ1v) is 13.0. The van der Waals surface area contributed by atoms with Crippen LogP contribution in [0.3, 0.4) is 0 Å². The lowest BCUT2D eigenvalue weighted by molar-refractivity contribution is -0.274. The number of hydrogen-bond acceptors (Lipinski definition) is 5. The van der Waals surface area contributed by atoms with Crippen LogP contribution < -0.4 is 4.74 Å². The molecule has 206 valence electrons. The molecule has 2 fully saturated rings. The topological polar surface area (TPSA) is 70.9 Å². The van der Waals surface area contributed by atoms with Crippen molar-refractivity contribution in [3.8, 4) is 11.4 Å². The molecule has 4 aromatic rings. The number of nitrogens with zero attached hydrogens (tertiary/aromatic N) is 5. The fourth-order valence-electron chi connectivity index (χ4n) is 5.27. The molecule has 1 aromatic heterocycles. The third-order valence-corrected chi connectivity index (χ3v) is 7.40. The van der Waals surface area contributed by atoms with E-state index in [9.17, 15) is 22.8 Å². The van der Waals surface area contributed by atoms with Crippen molar-refractivity contribution in [3.63, 3.8) is 0 Å². The lowest BCUT2D eigenvalue weighted by atomic mass is 10.0. The molecule has 11 heteroatoms. The first-order valence-electron chi connectivity index (χ1n) is 13.0. The Kier molecular flexibility index (Phi) is 6.67. The molecule has 0 radical (unpaired) electrons. The maximum Gasteiger partial charge on any atom is 0.573 e. The van der Waals surface area contributed by atoms with E-state index in [4.69, 9.17) is 0 Å². The molecule has 2 aliphatic rings. The van der Waals surface area contributed by atoms with Crippen molar-refractivity contribution in [2.45, 2.75) is 12.4 Å². The maximum absolute atomic E-state index is 13.2. The molecule has 8 nitrogen and oxygen atoms in total. The SMILES string of the molecule is O=C(c1ccccc1)N1CCN(C2CN(C(=O)c3ccc4c(cnn4-c4cccc(OC(F)(F)F)c4)c3)C2)CC1. The van der Waals surface area contributed by atoms with Crippen molar-refractivity contribution >= 4 is 22.7 Å². The fourth-order valence-corrected chi connectivity index (χ4v) is 5.27. The molecule has 40 heavy (non-hydrogen) atoms. The predicted octanol–water partition coefficient (Wildman–Crippen LogP) is 4.21. The quantitative estimate of drug-likeness (QED) is 0.373. The average molecular weight is 550 g/mol. The van der Waals surface area contributed by atoms with Gasteiger partial charge in [-0.15, -0.1) is 13.2 Å². The summed E-state index contributed by atoms with van der Waals surface area (Å²) in [5.74, 6) is -0.368. The van der Waals surface area contributed by atoms with Gasteiger partial charge in [0.05, 0.1) is 17.4 Å². The van der Waals surface area contributed by atoms with Crippen LogP contribution in [0.4, 0.5) is 13.2 Å². The van der Waals surface area contributed by atoms with Crippen molar-refractivity contribution in [2.24, 2.45) is 0 Å².